The van der Waals surface area contributed by atoms with Crippen molar-refractivity contribution in [1.29, 1.82) is 0 Å². The fraction of sp³-hybridized carbons (Fsp3) is 0.389. The van der Waals surface area contributed by atoms with Gasteiger partial charge in [-0.2, -0.15) is 0 Å². The first kappa shape index (κ1) is 18.3. The SMILES string of the molecule is C[Si](C)(C)CCOCn1nc(N2Cc3cc(O)ccc3C2=O)ccc1=O. The molecule has 0 saturated carbocycles. The normalized spacial score (nSPS) is 14.0. The fourth-order valence-electron chi connectivity index (χ4n) is 2.70. The second kappa shape index (κ2) is 7.04. The molecule has 0 spiro atoms. The van der Waals surface area contributed by atoms with Crippen molar-refractivity contribution in [2.75, 3.05) is 11.5 Å². The number of anilines is 1. The Kier molecular flexibility index (Phi) is 4.97. The molecule has 0 atom stereocenters. The second-order valence-corrected chi connectivity index (χ2v) is 13.2. The smallest absolute Gasteiger partial charge is 0.269 e. The maximum absolute atomic E-state index is 12.6. The van der Waals surface area contributed by atoms with Gasteiger partial charge < -0.3 is 9.84 Å². The lowest BCUT2D eigenvalue weighted by Gasteiger charge is -2.17. The monoisotopic (exact) mass is 373 g/mol. The van der Waals surface area contributed by atoms with Crippen molar-refractivity contribution < 1.29 is 14.6 Å². The lowest BCUT2D eigenvalue weighted by molar-refractivity contribution is 0.0749. The minimum Gasteiger partial charge on any atom is -0.508 e. The number of aromatic hydroxyl groups is 1. The maximum Gasteiger partial charge on any atom is 0.269 e. The van der Waals surface area contributed by atoms with E-state index < -0.39 is 8.07 Å². The molecule has 0 bridgehead atoms. The van der Waals surface area contributed by atoms with Crippen LogP contribution in [0, 0.1) is 0 Å². The predicted molar refractivity (Wildman–Crippen MR) is 101 cm³/mol. The summed E-state index contributed by atoms with van der Waals surface area (Å²) in [5.74, 6) is 0.309. The molecular formula is C18H23N3O4Si. The van der Waals surface area contributed by atoms with Crippen LogP contribution in [0.25, 0.3) is 0 Å². The highest BCUT2D eigenvalue weighted by Gasteiger charge is 2.29. The number of amides is 1. The standard InChI is InChI=1S/C18H23N3O4Si/c1-26(2,3)9-8-25-12-21-17(23)7-6-16(19-21)20-11-13-10-14(22)4-5-15(13)18(20)24/h4-7,10,22H,8-9,11-12H2,1-3H3. The molecule has 2 aromatic rings. The summed E-state index contributed by atoms with van der Waals surface area (Å²) in [6.07, 6.45) is 0. The summed E-state index contributed by atoms with van der Waals surface area (Å²) < 4.78 is 6.83. The zero-order valence-electron chi connectivity index (χ0n) is 15.2. The number of carbonyl (C=O) groups is 1. The van der Waals surface area contributed by atoms with Crippen LogP contribution in [0.4, 0.5) is 5.82 Å². The van der Waals surface area contributed by atoms with Gasteiger partial charge in [0.2, 0.25) is 0 Å². The third kappa shape index (κ3) is 4.02. The van der Waals surface area contributed by atoms with E-state index in [1.807, 2.05) is 0 Å². The van der Waals surface area contributed by atoms with Crippen molar-refractivity contribution in [2.24, 2.45) is 0 Å². The topological polar surface area (TPSA) is 84.7 Å². The molecular weight excluding hydrogens is 350 g/mol. The zero-order chi connectivity index (χ0) is 18.9. The van der Waals surface area contributed by atoms with E-state index in [0.29, 0.717) is 24.5 Å². The zero-order valence-corrected chi connectivity index (χ0v) is 16.2. The molecule has 1 aromatic heterocycles. The van der Waals surface area contributed by atoms with Gasteiger partial charge in [-0.05, 0) is 35.9 Å². The van der Waals surface area contributed by atoms with Crippen LogP contribution in [-0.4, -0.2) is 35.5 Å². The third-order valence-corrected chi connectivity index (χ3v) is 5.94. The van der Waals surface area contributed by atoms with E-state index in [0.717, 1.165) is 11.6 Å². The summed E-state index contributed by atoms with van der Waals surface area (Å²) in [5, 5.41) is 13.9. The molecule has 26 heavy (non-hydrogen) atoms. The highest BCUT2D eigenvalue weighted by atomic mass is 28.3. The first-order chi connectivity index (χ1) is 12.2. The van der Waals surface area contributed by atoms with Crippen molar-refractivity contribution in [3.63, 3.8) is 0 Å². The Morgan fingerprint density at radius 1 is 1.19 bits per heavy atom. The number of aromatic nitrogens is 2. The molecule has 0 fully saturated rings. The average Bonchev–Trinajstić information content (AvgIpc) is 2.88. The van der Waals surface area contributed by atoms with Crippen LogP contribution in [0.1, 0.15) is 15.9 Å². The third-order valence-electron chi connectivity index (χ3n) is 4.23. The van der Waals surface area contributed by atoms with Gasteiger partial charge in [0.05, 0.1) is 6.54 Å². The Balaban J connectivity index is 1.74. The molecule has 8 heteroatoms. The number of hydrogen-bond donors (Lipinski definition) is 1. The van der Waals surface area contributed by atoms with Crippen LogP contribution >= 0.6 is 0 Å². The number of benzene rings is 1. The molecule has 3 rings (SSSR count). The molecule has 0 unspecified atom stereocenters. The summed E-state index contributed by atoms with van der Waals surface area (Å²) in [5.41, 5.74) is 0.998. The number of nitrogens with zero attached hydrogens (tertiary/aromatic N) is 3. The maximum atomic E-state index is 12.6. The molecule has 138 valence electrons. The van der Waals surface area contributed by atoms with Crippen molar-refractivity contribution >= 4 is 19.8 Å². The minimum absolute atomic E-state index is 0.0624. The van der Waals surface area contributed by atoms with E-state index in [9.17, 15) is 14.7 Å². The number of hydrogen-bond acceptors (Lipinski definition) is 5. The van der Waals surface area contributed by atoms with Crippen molar-refractivity contribution in [2.45, 2.75) is 39.0 Å². The van der Waals surface area contributed by atoms with Crippen molar-refractivity contribution in [3.8, 4) is 5.75 Å². The fourth-order valence-corrected chi connectivity index (χ4v) is 3.45. The van der Waals surface area contributed by atoms with Gasteiger partial charge in [-0.3, -0.25) is 14.5 Å². The van der Waals surface area contributed by atoms with Gasteiger partial charge >= 0.3 is 0 Å². The van der Waals surface area contributed by atoms with Gasteiger partial charge in [0.25, 0.3) is 11.5 Å². The lowest BCUT2D eigenvalue weighted by Crippen LogP contribution is -2.30. The summed E-state index contributed by atoms with van der Waals surface area (Å²) >= 11 is 0. The van der Waals surface area contributed by atoms with E-state index in [1.54, 1.807) is 12.1 Å². The second-order valence-electron chi connectivity index (χ2n) is 7.61. The summed E-state index contributed by atoms with van der Waals surface area (Å²) in [7, 11) is -1.20. The highest BCUT2D eigenvalue weighted by molar-refractivity contribution is 6.76. The van der Waals surface area contributed by atoms with Gasteiger partial charge in [0, 0.05) is 26.3 Å². The first-order valence-electron chi connectivity index (χ1n) is 8.54. The Morgan fingerprint density at radius 3 is 2.69 bits per heavy atom. The Morgan fingerprint density at radius 2 is 1.96 bits per heavy atom. The van der Waals surface area contributed by atoms with Crippen molar-refractivity contribution in [3.05, 3.63) is 51.8 Å². The number of rotatable bonds is 6. The molecule has 1 aromatic carbocycles. The molecule has 1 N–H and O–H groups in total. The number of phenolic OH excluding ortho intramolecular Hbond substituents is 1. The van der Waals surface area contributed by atoms with Gasteiger partial charge in [0.15, 0.2) is 5.82 Å². The summed E-state index contributed by atoms with van der Waals surface area (Å²) in [4.78, 5) is 26.1. The van der Waals surface area contributed by atoms with Crippen LogP contribution in [-0.2, 0) is 18.0 Å². The summed E-state index contributed by atoms with van der Waals surface area (Å²) in [6.45, 7) is 7.74. The molecule has 1 aliphatic rings. The Hall–Kier alpha value is -2.45. The average molecular weight is 373 g/mol. The molecule has 0 aliphatic carbocycles. The quantitative estimate of drug-likeness (QED) is 0.621. The van der Waals surface area contributed by atoms with Crippen LogP contribution < -0.4 is 10.5 Å². The predicted octanol–water partition coefficient (Wildman–Crippen LogP) is 2.42. The Bertz CT molecular complexity index is 889. The lowest BCUT2D eigenvalue weighted by atomic mass is 10.1. The molecule has 7 nitrogen and oxygen atoms in total. The number of carbonyl (C=O) groups excluding carboxylic acids is 1. The van der Waals surface area contributed by atoms with Crippen molar-refractivity contribution in [1.82, 2.24) is 9.78 Å². The first-order valence-corrected chi connectivity index (χ1v) is 12.2. The molecule has 1 aliphatic heterocycles. The largest absolute Gasteiger partial charge is 0.508 e. The molecule has 0 saturated heterocycles. The van der Waals surface area contributed by atoms with E-state index in [4.69, 9.17) is 4.74 Å². The van der Waals surface area contributed by atoms with E-state index in [2.05, 4.69) is 24.7 Å². The van der Waals surface area contributed by atoms with Gasteiger partial charge in [0.1, 0.15) is 12.5 Å². The molecule has 2 heterocycles. The van der Waals surface area contributed by atoms with Crippen LogP contribution in [0.3, 0.4) is 0 Å². The molecule has 0 radical (unpaired) electrons. The number of phenols is 1. The van der Waals surface area contributed by atoms with Gasteiger partial charge in [-0.15, -0.1) is 5.10 Å². The van der Waals surface area contributed by atoms with Crippen LogP contribution in [0.2, 0.25) is 25.7 Å². The van der Waals surface area contributed by atoms with Gasteiger partial charge in [-0.1, -0.05) is 19.6 Å². The number of fused-ring (bicyclic) bond motifs is 1. The molecule has 1 amide bonds. The van der Waals surface area contributed by atoms with E-state index in [1.165, 1.54) is 27.8 Å². The van der Waals surface area contributed by atoms with Gasteiger partial charge in [-0.25, -0.2) is 4.68 Å². The Labute approximate surface area is 152 Å². The van der Waals surface area contributed by atoms with Crippen LogP contribution in [0.15, 0.2) is 35.1 Å². The summed E-state index contributed by atoms with van der Waals surface area (Å²) in [6, 6.07) is 8.58. The minimum atomic E-state index is -1.20. The van der Waals surface area contributed by atoms with Crippen LogP contribution in [0.5, 0.6) is 5.75 Å². The van der Waals surface area contributed by atoms with E-state index >= 15 is 0 Å². The highest BCUT2D eigenvalue weighted by Crippen LogP contribution is 2.28. The number of ether oxygens (including phenoxy) is 1. The van der Waals surface area contributed by atoms with E-state index in [-0.39, 0.29) is 23.9 Å².